The molecule has 1 saturated carbocycles. The van der Waals surface area contributed by atoms with Crippen LogP contribution in [0.25, 0.3) is 10.8 Å². The summed E-state index contributed by atoms with van der Waals surface area (Å²) in [6.07, 6.45) is 2.56. The Balaban J connectivity index is 1.48. The second-order valence-electron chi connectivity index (χ2n) is 6.77. The van der Waals surface area contributed by atoms with Crippen molar-refractivity contribution in [3.63, 3.8) is 0 Å². The van der Waals surface area contributed by atoms with Crippen molar-refractivity contribution in [2.24, 2.45) is 0 Å². The lowest BCUT2D eigenvalue weighted by Crippen LogP contribution is -2.23. The molecule has 3 aromatic carbocycles. The summed E-state index contributed by atoms with van der Waals surface area (Å²) in [5, 5.41) is 6.18. The molecule has 3 aromatic rings. The zero-order valence-electron chi connectivity index (χ0n) is 14.8. The van der Waals surface area contributed by atoms with Crippen LogP contribution in [0.1, 0.15) is 34.3 Å². The molecule has 0 unspecified atom stereocenters. The van der Waals surface area contributed by atoms with Crippen molar-refractivity contribution in [2.45, 2.75) is 31.6 Å². The summed E-state index contributed by atoms with van der Waals surface area (Å²) in [6, 6.07) is 20.4. The standard InChI is InChI=1S/C22H22N2OS/c1-15-9-10-18(24-26-19-11-12-19)13-21(15)22(25)23-14-17-7-4-6-16-5-2-3-8-20(16)17/h2-10,13,19,24H,11-12,14H2,1H3,(H,23,25). The number of aryl methyl sites for hydroxylation is 1. The third-order valence-electron chi connectivity index (χ3n) is 4.67. The van der Waals surface area contributed by atoms with Gasteiger partial charge in [-0.25, -0.2) is 0 Å². The van der Waals surface area contributed by atoms with Gasteiger partial charge in [-0.3, -0.25) is 4.79 Å². The van der Waals surface area contributed by atoms with E-state index in [9.17, 15) is 4.79 Å². The van der Waals surface area contributed by atoms with Gasteiger partial charge in [0.2, 0.25) is 0 Å². The number of carbonyl (C=O) groups excluding carboxylic acids is 1. The smallest absolute Gasteiger partial charge is 0.251 e. The van der Waals surface area contributed by atoms with Gasteiger partial charge in [-0.2, -0.15) is 0 Å². The molecule has 0 aromatic heterocycles. The molecule has 0 bridgehead atoms. The van der Waals surface area contributed by atoms with Crippen LogP contribution in [0.2, 0.25) is 0 Å². The van der Waals surface area contributed by atoms with E-state index in [-0.39, 0.29) is 5.91 Å². The van der Waals surface area contributed by atoms with Gasteiger partial charge in [-0.15, -0.1) is 0 Å². The van der Waals surface area contributed by atoms with Crippen molar-refractivity contribution in [2.75, 3.05) is 4.72 Å². The maximum absolute atomic E-state index is 12.7. The first-order valence-electron chi connectivity index (χ1n) is 8.98. The summed E-state index contributed by atoms with van der Waals surface area (Å²) in [5.41, 5.74) is 3.84. The molecule has 1 aliphatic rings. The topological polar surface area (TPSA) is 41.1 Å². The van der Waals surface area contributed by atoms with Crippen molar-refractivity contribution in [3.05, 3.63) is 77.4 Å². The molecule has 26 heavy (non-hydrogen) atoms. The average molecular weight is 362 g/mol. The first-order chi connectivity index (χ1) is 12.7. The highest BCUT2D eigenvalue weighted by Gasteiger charge is 2.22. The Labute approximate surface area is 158 Å². The van der Waals surface area contributed by atoms with Crippen LogP contribution in [0.3, 0.4) is 0 Å². The number of hydrogen-bond donors (Lipinski definition) is 2. The fraction of sp³-hybridized carbons (Fsp3) is 0.227. The fourth-order valence-electron chi connectivity index (χ4n) is 2.98. The molecule has 0 atom stereocenters. The largest absolute Gasteiger partial charge is 0.348 e. The highest BCUT2D eigenvalue weighted by molar-refractivity contribution is 8.01. The molecule has 4 rings (SSSR count). The molecule has 2 N–H and O–H groups in total. The monoisotopic (exact) mass is 362 g/mol. The van der Waals surface area contributed by atoms with Gasteiger partial charge in [-0.05, 0) is 65.7 Å². The molecule has 0 spiro atoms. The molecule has 1 amide bonds. The van der Waals surface area contributed by atoms with Gasteiger partial charge in [-0.1, -0.05) is 48.5 Å². The van der Waals surface area contributed by atoms with Crippen molar-refractivity contribution in [1.29, 1.82) is 0 Å². The Kier molecular flexibility index (Phi) is 4.85. The fourth-order valence-corrected chi connectivity index (χ4v) is 3.79. The van der Waals surface area contributed by atoms with Gasteiger partial charge in [0.1, 0.15) is 0 Å². The predicted octanol–water partition coefficient (Wildman–Crippen LogP) is 5.30. The summed E-state index contributed by atoms with van der Waals surface area (Å²) in [6.45, 7) is 2.50. The first kappa shape index (κ1) is 17.0. The molecule has 4 heteroatoms. The summed E-state index contributed by atoms with van der Waals surface area (Å²) in [5.74, 6) is -0.0319. The molecular formula is C22H22N2OS. The molecule has 0 aliphatic heterocycles. The molecule has 1 fully saturated rings. The number of benzene rings is 3. The third-order valence-corrected chi connectivity index (χ3v) is 5.83. The molecule has 0 saturated heterocycles. The Morgan fingerprint density at radius 2 is 1.88 bits per heavy atom. The minimum absolute atomic E-state index is 0.0319. The maximum atomic E-state index is 12.7. The molecule has 0 radical (unpaired) electrons. The number of carbonyl (C=O) groups is 1. The van der Waals surface area contributed by atoms with Crippen LogP contribution >= 0.6 is 11.9 Å². The van der Waals surface area contributed by atoms with Crippen molar-refractivity contribution < 1.29 is 4.79 Å². The Hall–Kier alpha value is -2.46. The van der Waals surface area contributed by atoms with E-state index in [2.05, 4.69) is 34.3 Å². The average Bonchev–Trinajstić information content (AvgIpc) is 3.50. The van der Waals surface area contributed by atoms with Crippen LogP contribution in [0.4, 0.5) is 5.69 Å². The van der Waals surface area contributed by atoms with Crippen LogP contribution in [-0.2, 0) is 6.54 Å². The highest BCUT2D eigenvalue weighted by Crippen LogP contribution is 2.34. The van der Waals surface area contributed by atoms with E-state index in [1.807, 2.05) is 43.3 Å². The van der Waals surface area contributed by atoms with E-state index in [0.29, 0.717) is 6.54 Å². The molecule has 3 nitrogen and oxygen atoms in total. The van der Waals surface area contributed by atoms with E-state index < -0.39 is 0 Å². The zero-order valence-corrected chi connectivity index (χ0v) is 15.6. The number of amides is 1. The maximum Gasteiger partial charge on any atom is 0.251 e. The van der Waals surface area contributed by atoms with E-state index in [1.165, 1.54) is 23.6 Å². The number of anilines is 1. The van der Waals surface area contributed by atoms with Crippen LogP contribution in [-0.4, -0.2) is 11.2 Å². The van der Waals surface area contributed by atoms with Gasteiger partial charge in [0.05, 0.1) is 0 Å². The molecule has 1 aliphatic carbocycles. The van der Waals surface area contributed by atoms with Gasteiger partial charge >= 0.3 is 0 Å². The van der Waals surface area contributed by atoms with Gasteiger partial charge in [0, 0.05) is 23.0 Å². The minimum Gasteiger partial charge on any atom is -0.348 e. The van der Waals surface area contributed by atoms with Gasteiger partial charge in [0.25, 0.3) is 5.91 Å². The number of hydrogen-bond acceptors (Lipinski definition) is 3. The molecular weight excluding hydrogens is 340 g/mol. The molecule has 0 heterocycles. The lowest BCUT2D eigenvalue weighted by Gasteiger charge is -2.12. The van der Waals surface area contributed by atoms with Crippen molar-refractivity contribution >= 4 is 34.3 Å². The second-order valence-corrected chi connectivity index (χ2v) is 7.88. The summed E-state index contributed by atoms with van der Waals surface area (Å²) in [7, 11) is 0. The molecule has 132 valence electrons. The first-order valence-corrected chi connectivity index (χ1v) is 9.86. The van der Waals surface area contributed by atoms with Crippen molar-refractivity contribution in [3.8, 4) is 0 Å². The van der Waals surface area contributed by atoms with Gasteiger partial charge in [0.15, 0.2) is 0 Å². The van der Waals surface area contributed by atoms with Crippen molar-refractivity contribution in [1.82, 2.24) is 5.32 Å². The second kappa shape index (κ2) is 7.42. The van der Waals surface area contributed by atoms with Crippen LogP contribution in [0, 0.1) is 6.92 Å². The minimum atomic E-state index is -0.0319. The van der Waals surface area contributed by atoms with Crippen LogP contribution in [0.15, 0.2) is 60.7 Å². The van der Waals surface area contributed by atoms with E-state index in [0.717, 1.165) is 27.6 Å². The lowest BCUT2D eigenvalue weighted by molar-refractivity contribution is 0.0950. The Morgan fingerprint density at radius 3 is 2.73 bits per heavy atom. The number of rotatable bonds is 6. The lowest BCUT2D eigenvalue weighted by atomic mass is 10.0. The van der Waals surface area contributed by atoms with Gasteiger partial charge < -0.3 is 10.0 Å². The van der Waals surface area contributed by atoms with E-state index >= 15 is 0 Å². The van der Waals surface area contributed by atoms with E-state index in [1.54, 1.807) is 11.9 Å². The Morgan fingerprint density at radius 1 is 1.08 bits per heavy atom. The Bertz CT molecular complexity index is 945. The van der Waals surface area contributed by atoms with Crippen LogP contribution in [0.5, 0.6) is 0 Å². The normalized spacial score (nSPS) is 13.6. The van der Waals surface area contributed by atoms with E-state index in [4.69, 9.17) is 0 Å². The summed E-state index contributed by atoms with van der Waals surface area (Å²) < 4.78 is 3.36. The van der Waals surface area contributed by atoms with Crippen LogP contribution < -0.4 is 10.0 Å². The summed E-state index contributed by atoms with van der Waals surface area (Å²) >= 11 is 1.75. The quantitative estimate of drug-likeness (QED) is 0.585. The third kappa shape index (κ3) is 3.86. The summed E-state index contributed by atoms with van der Waals surface area (Å²) in [4.78, 5) is 12.7. The highest BCUT2D eigenvalue weighted by atomic mass is 32.2. The number of nitrogens with one attached hydrogen (secondary N) is 2. The SMILES string of the molecule is Cc1ccc(NSC2CC2)cc1C(=O)NCc1cccc2ccccc12. The predicted molar refractivity (Wildman–Crippen MR) is 111 cm³/mol. The number of fused-ring (bicyclic) bond motifs is 1. The zero-order chi connectivity index (χ0) is 17.9.